The van der Waals surface area contributed by atoms with Crippen molar-refractivity contribution in [1.29, 1.82) is 0 Å². The number of carbonyl (C=O) groups excluding carboxylic acids is 1. The van der Waals surface area contributed by atoms with Gasteiger partial charge in [0.05, 0.1) is 6.61 Å². The second-order valence-corrected chi connectivity index (χ2v) is 6.72. The molecule has 0 fully saturated rings. The number of ether oxygens (including phenoxy) is 2. The first-order chi connectivity index (χ1) is 13.5. The van der Waals surface area contributed by atoms with Gasteiger partial charge < -0.3 is 13.9 Å². The number of rotatable bonds is 7. The predicted octanol–water partition coefficient (Wildman–Crippen LogP) is 4.48. The van der Waals surface area contributed by atoms with E-state index in [-0.39, 0.29) is 12.4 Å². The van der Waals surface area contributed by atoms with Crippen LogP contribution in [0.1, 0.15) is 35.6 Å². The van der Waals surface area contributed by atoms with Crippen molar-refractivity contribution in [3.63, 3.8) is 0 Å². The molecule has 28 heavy (non-hydrogen) atoms. The quantitative estimate of drug-likeness (QED) is 0.446. The minimum atomic E-state index is -0.394. The Morgan fingerprint density at radius 3 is 2.57 bits per heavy atom. The SMILES string of the molecule is CCOC(=O)CCc1cc2c(C)cc(=O)oc2cc1OCc1ccccc1C. The second kappa shape index (κ2) is 8.74. The average molecular weight is 380 g/mol. The largest absolute Gasteiger partial charge is 0.488 e. The van der Waals surface area contributed by atoms with Gasteiger partial charge in [0.15, 0.2) is 0 Å². The summed E-state index contributed by atoms with van der Waals surface area (Å²) in [5.41, 5.74) is 4.00. The van der Waals surface area contributed by atoms with Gasteiger partial charge in [-0.25, -0.2) is 4.79 Å². The lowest BCUT2D eigenvalue weighted by molar-refractivity contribution is -0.143. The van der Waals surface area contributed by atoms with Gasteiger partial charge in [-0.1, -0.05) is 24.3 Å². The van der Waals surface area contributed by atoms with Crippen LogP contribution in [-0.2, 0) is 22.6 Å². The third-order valence-electron chi connectivity index (χ3n) is 4.68. The first kappa shape index (κ1) is 19.7. The maximum atomic E-state index is 11.8. The molecule has 2 aromatic carbocycles. The fourth-order valence-corrected chi connectivity index (χ4v) is 3.12. The summed E-state index contributed by atoms with van der Waals surface area (Å²) in [5.74, 6) is 0.359. The molecule has 5 heteroatoms. The highest BCUT2D eigenvalue weighted by atomic mass is 16.5. The molecule has 0 spiro atoms. The number of benzene rings is 2. The van der Waals surface area contributed by atoms with E-state index < -0.39 is 5.63 Å². The maximum absolute atomic E-state index is 11.8. The van der Waals surface area contributed by atoms with E-state index in [1.165, 1.54) is 6.07 Å². The molecule has 146 valence electrons. The van der Waals surface area contributed by atoms with Gasteiger partial charge in [-0.2, -0.15) is 0 Å². The van der Waals surface area contributed by atoms with Crippen LogP contribution in [0.2, 0.25) is 0 Å². The molecule has 0 bridgehead atoms. The van der Waals surface area contributed by atoms with Crippen molar-refractivity contribution in [3.8, 4) is 5.75 Å². The van der Waals surface area contributed by atoms with Crippen molar-refractivity contribution in [1.82, 2.24) is 0 Å². The van der Waals surface area contributed by atoms with Crippen LogP contribution in [-0.4, -0.2) is 12.6 Å². The highest BCUT2D eigenvalue weighted by molar-refractivity contribution is 5.83. The van der Waals surface area contributed by atoms with Gasteiger partial charge in [0.25, 0.3) is 0 Å². The van der Waals surface area contributed by atoms with E-state index in [1.54, 1.807) is 13.0 Å². The Kier molecular flexibility index (Phi) is 6.14. The van der Waals surface area contributed by atoms with Gasteiger partial charge in [0.1, 0.15) is 17.9 Å². The predicted molar refractivity (Wildman–Crippen MR) is 108 cm³/mol. The van der Waals surface area contributed by atoms with Crippen LogP contribution >= 0.6 is 0 Å². The Balaban J connectivity index is 1.94. The van der Waals surface area contributed by atoms with Crippen LogP contribution in [0.25, 0.3) is 11.0 Å². The molecule has 1 aromatic heterocycles. The summed E-state index contributed by atoms with van der Waals surface area (Å²) in [6.45, 7) is 6.43. The highest BCUT2D eigenvalue weighted by Crippen LogP contribution is 2.29. The maximum Gasteiger partial charge on any atom is 0.336 e. The molecule has 0 aliphatic heterocycles. The molecule has 3 rings (SSSR count). The molecule has 0 amide bonds. The molecule has 0 saturated carbocycles. The molecule has 0 unspecified atom stereocenters. The summed E-state index contributed by atoms with van der Waals surface area (Å²) in [6.07, 6.45) is 0.742. The normalized spacial score (nSPS) is 10.8. The average Bonchev–Trinajstić information content (AvgIpc) is 2.66. The van der Waals surface area contributed by atoms with Crippen LogP contribution in [0.4, 0.5) is 0 Å². The Hall–Kier alpha value is -3.08. The van der Waals surface area contributed by atoms with Crippen LogP contribution in [0.15, 0.2) is 51.7 Å². The Morgan fingerprint density at radius 2 is 1.82 bits per heavy atom. The van der Waals surface area contributed by atoms with E-state index >= 15 is 0 Å². The van der Waals surface area contributed by atoms with Crippen LogP contribution in [0.5, 0.6) is 5.75 Å². The smallest absolute Gasteiger partial charge is 0.336 e. The molecule has 0 radical (unpaired) electrons. The number of hydrogen-bond acceptors (Lipinski definition) is 5. The van der Waals surface area contributed by atoms with Crippen LogP contribution in [0.3, 0.4) is 0 Å². The summed E-state index contributed by atoms with van der Waals surface area (Å²) in [4.78, 5) is 23.5. The minimum absolute atomic E-state index is 0.247. The molecule has 0 N–H and O–H groups in total. The molecule has 3 aromatic rings. The Morgan fingerprint density at radius 1 is 1.04 bits per heavy atom. The van der Waals surface area contributed by atoms with Crippen molar-refractivity contribution >= 4 is 16.9 Å². The second-order valence-electron chi connectivity index (χ2n) is 6.72. The summed E-state index contributed by atoms with van der Waals surface area (Å²) < 4.78 is 16.5. The minimum Gasteiger partial charge on any atom is -0.488 e. The zero-order valence-electron chi connectivity index (χ0n) is 16.4. The Labute approximate surface area is 163 Å². The lowest BCUT2D eigenvalue weighted by Crippen LogP contribution is -2.07. The molecular weight excluding hydrogens is 356 g/mol. The molecule has 1 heterocycles. The van der Waals surface area contributed by atoms with Gasteiger partial charge in [0.2, 0.25) is 0 Å². The van der Waals surface area contributed by atoms with Crippen LogP contribution < -0.4 is 10.4 Å². The fourth-order valence-electron chi connectivity index (χ4n) is 3.12. The van der Waals surface area contributed by atoms with Gasteiger partial charge in [-0.3, -0.25) is 4.79 Å². The zero-order valence-corrected chi connectivity index (χ0v) is 16.4. The van der Waals surface area contributed by atoms with Crippen molar-refractivity contribution in [2.45, 2.75) is 40.2 Å². The van der Waals surface area contributed by atoms with Crippen molar-refractivity contribution in [2.24, 2.45) is 0 Å². The zero-order chi connectivity index (χ0) is 20.1. The van der Waals surface area contributed by atoms with E-state index in [9.17, 15) is 9.59 Å². The summed E-state index contributed by atoms with van der Waals surface area (Å²) in [5, 5.41) is 0.835. The molecule has 0 aliphatic carbocycles. The van der Waals surface area contributed by atoms with E-state index in [4.69, 9.17) is 13.9 Å². The van der Waals surface area contributed by atoms with E-state index in [2.05, 4.69) is 0 Å². The van der Waals surface area contributed by atoms with Gasteiger partial charge >= 0.3 is 11.6 Å². The number of esters is 1. The highest BCUT2D eigenvalue weighted by Gasteiger charge is 2.13. The third kappa shape index (κ3) is 4.60. The lowest BCUT2D eigenvalue weighted by atomic mass is 10.0. The van der Waals surface area contributed by atoms with Crippen molar-refractivity contribution in [2.75, 3.05) is 6.61 Å². The van der Waals surface area contributed by atoms with Gasteiger partial charge in [-0.05, 0) is 55.5 Å². The van der Waals surface area contributed by atoms with Crippen LogP contribution in [0, 0.1) is 13.8 Å². The first-order valence-electron chi connectivity index (χ1n) is 9.38. The molecule has 0 atom stereocenters. The molecular formula is C23H24O5. The third-order valence-corrected chi connectivity index (χ3v) is 4.68. The van der Waals surface area contributed by atoms with E-state index in [0.717, 1.165) is 27.6 Å². The van der Waals surface area contributed by atoms with Crippen molar-refractivity contribution in [3.05, 3.63) is 75.1 Å². The first-order valence-corrected chi connectivity index (χ1v) is 9.38. The van der Waals surface area contributed by atoms with Gasteiger partial charge in [-0.15, -0.1) is 0 Å². The summed E-state index contributed by atoms with van der Waals surface area (Å²) in [6, 6.07) is 13.1. The summed E-state index contributed by atoms with van der Waals surface area (Å²) in [7, 11) is 0. The number of carbonyl (C=O) groups is 1. The number of hydrogen-bond donors (Lipinski definition) is 0. The van der Waals surface area contributed by atoms with Crippen molar-refractivity contribution < 1.29 is 18.7 Å². The van der Waals surface area contributed by atoms with E-state index in [1.807, 2.05) is 44.2 Å². The standard InChI is InChI=1S/C23H24O5/c1-4-26-22(24)10-9-17-12-19-16(3)11-23(25)28-21(19)13-20(17)27-14-18-8-6-5-7-15(18)2/h5-8,11-13H,4,9-10,14H2,1-3H3. The number of aryl methyl sites for hydroxylation is 3. The fraction of sp³-hybridized carbons (Fsp3) is 0.304. The lowest BCUT2D eigenvalue weighted by Gasteiger charge is -2.14. The van der Waals surface area contributed by atoms with E-state index in [0.29, 0.717) is 31.0 Å². The van der Waals surface area contributed by atoms with Gasteiger partial charge in [0, 0.05) is 23.9 Å². The molecule has 5 nitrogen and oxygen atoms in total. The number of fused-ring (bicyclic) bond motifs is 1. The summed E-state index contributed by atoms with van der Waals surface area (Å²) >= 11 is 0. The topological polar surface area (TPSA) is 65.7 Å². The molecule has 0 saturated heterocycles. The monoisotopic (exact) mass is 380 g/mol. The molecule has 0 aliphatic rings. The Bertz CT molecular complexity index is 1050.